The van der Waals surface area contributed by atoms with Gasteiger partial charge < -0.3 is 10.1 Å². The molecule has 27 heavy (non-hydrogen) atoms. The number of rotatable bonds is 8. The van der Waals surface area contributed by atoms with E-state index in [2.05, 4.69) is 10.1 Å². The van der Waals surface area contributed by atoms with Gasteiger partial charge in [0.15, 0.2) is 0 Å². The van der Waals surface area contributed by atoms with Gasteiger partial charge in [0.2, 0.25) is 15.9 Å². The summed E-state index contributed by atoms with van der Waals surface area (Å²) in [4.78, 5) is 12.2. The van der Waals surface area contributed by atoms with Gasteiger partial charge in [-0.2, -0.15) is 8.78 Å². The van der Waals surface area contributed by atoms with Crippen LogP contribution in [0.1, 0.15) is 11.1 Å². The van der Waals surface area contributed by atoms with E-state index in [9.17, 15) is 22.0 Å². The Morgan fingerprint density at radius 2 is 1.74 bits per heavy atom. The molecule has 1 amide bonds. The molecule has 0 aliphatic carbocycles. The van der Waals surface area contributed by atoms with Crippen molar-refractivity contribution in [2.75, 3.05) is 14.1 Å². The molecular formula is C18H20F2N2O4S. The van der Waals surface area contributed by atoms with E-state index >= 15 is 0 Å². The van der Waals surface area contributed by atoms with Crippen LogP contribution < -0.4 is 10.1 Å². The molecule has 0 atom stereocenters. The highest BCUT2D eigenvalue weighted by atomic mass is 32.2. The fourth-order valence-electron chi connectivity index (χ4n) is 2.33. The fourth-order valence-corrected chi connectivity index (χ4v) is 3.44. The Bertz CT molecular complexity index is 884. The van der Waals surface area contributed by atoms with Crippen molar-refractivity contribution in [3.63, 3.8) is 0 Å². The highest BCUT2D eigenvalue weighted by Gasteiger charge is 2.20. The summed E-state index contributed by atoms with van der Waals surface area (Å²) in [6.45, 7) is -2.85. The lowest BCUT2D eigenvalue weighted by Gasteiger charge is -2.15. The minimum Gasteiger partial charge on any atom is -0.435 e. The maximum Gasteiger partial charge on any atom is 0.387 e. The van der Waals surface area contributed by atoms with Crippen molar-refractivity contribution in [2.24, 2.45) is 0 Å². The zero-order chi connectivity index (χ0) is 20.0. The molecule has 0 unspecified atom stereocenters. The van der Waals surface area contributed by atoms with Gasteiger partial charge in [0.1, 0.15) is 5.75 Å². The first-order valence-electron chi connectivity index (χ1n) is 8.01. The van der Waals surface area contributed by atoms with Crippen LogP contribution in [0.3, 0.4) is 0 Å². The molecule has 0 aliphatic heterocycles. The van der Waals surface area contributed by atoms with Crippen molar-refractivity contribution < 1.29 is 26.7 Å². The average molecular weight is 398 g/mol. The van der Waals surface area contributed by atoms with Crippen LogP contribution in [0.2, 0.25) is 0 Å². The number of carbonyl (C=O) groups excluding carboxylic acids is 1. The standard InChI is InChI=1S/C18H20F2N2O4S/c1-22(2)27(24,25)16-6-4-3-5-14(16)12-21-17(23)11-13-7-9-15(10-8-13)26-18(19)20/h3-10,18H,11-12H2,1-2H3,(H,21,23). The largest absolute Gasteiger partial charge is 0.435 e. The molecule has 0 fully saturated rings. The van der Waals surface area contributed by atoms with E-state index in [1.165, 1.54) is 44.4 Å². The fraction of sp³-hybridized carbons (Fsp3) is 0.278. The third-order valence-electron chi connectivity index (χ3n) is 3.72. The second kappa shape index (κ2) is 8.92. The molecular weight excluding hydrogens is 378 g/mol. The van der Waals surface area contributed by atoms with Crippen LogP contribution in [0.5, 0.6) is 5.75 Å². The number of nitrogens with one attached hydrogen (secondary N) is 1. The maximum atomic E-state index is 12.3. The summed E-state index contributed by atoms with van der Waals surface area (Å²) in [5, 5.41) is 2.67. The number of benzene rings is 2. The quantitative estimate of drug-likeness (QED) is 0.741. The van der Waals surface area contributed by atoms with Gasteiger partial charge in [-0.1, -0.05) is 30.3 Å². The van der Waals surface area contributed by atoms with Crippen LogP contribution in [0.25, 0.3) is 0 Å². The third-order valence-corrected chi connectivity index (χ3v) is 5.64. The third kappa shape index (κ3) is 5.73. The predicted molar refractivity (Wildman–Crippen MR) is 95.9 cm³/mol. The molecule has 0 saturated carbocycles. The van der Waals surface area contributed by atoms with Gasteiger partial charge in [0.05, 0.1) is 11.3 Å². The van der Waals surface area contributed by atoms with E-state index in [0.717, 1.165) is 4.31 Å². The number of alkyl halides is 2. The number of amides is 1. The van der Waals surface area contributed by atoms with Crippen LogP contribution >= 0.6 is 0 Å². The van der Waals surface area contributed by atoms with Crippen LogP contribution in [0, 0.1) is 0 Å². The molecule has 2 rings (SSSR count). The SMILES string of the molecule is CN(C)S(=O)(=O)c1ccccc1CNC(=O)Cc1ccc(OC(F)F)cc1. The number of nitrogens with zero attached hydrogens (tertiary/aromatic N) is 1. The zero-order valence-electron chi connectivity index (χ0n) is 14.9. The highest BCUT2D eigenvalue weighted by Crippen LogP contribution is 2.18. The van der Waals surface area contributed by atoms with Gasteiger partial charge in [-0.25, -0.2) is 12.7 Å². The molecule has 0 saturated heterocycles. The van der Waals surface area contributed by atoms with E-state index in [1.807, 2.05) is 0 Å². The lowest BCUT2D eigenvalue weighted by Crippen LogP contribution is -2.27. The normalized spacial score (nSPS) is 11.6. The molecule has 2 aromatic carbocycles. The molecule has 0 bridgehead atoms. The monoisotopic (exact) mass is 398 g/mol. The number of carbonyl (C=O) groups is 1. The van der Waals surface area contributed by atoms with Gasteiger partial charge in [0, 0.05) is 20.6 Å². The molecule has 2 aromatic rings. The molecule has 0 heterocycles. The molecule has 9 heteroatoms. The van der Waals surface area contributed by atoms with Crippen LogP contribution in [-0.2, 0) is 27.8 Å². The number of hydrogen-bond donors (Lipinski definition) is 1. The first-order chi connectivity index (χ1) is 12.7. The Morgan fingerprint density at radius 3 is 2.33 bits per heavy atom. The minimum atomic E-state index is -3.62. The van der Waals surface area contributed by atoms with Gasteiger partial charge in [-0.15, -0.1) is 0 Å². The summed E-state index contributed by atoms with van der Waals surface area (Å²) >= 11 is 0. The summed E-state index contributed by atoms with van der Waals surface area (Å²) in [7, 11) is -0.749. The summed E-state index contributed by atoms with van der Waals surface area (Å²) in [5.41, 5.74) is 1.09. The first-order valence-corrected chi connectivity index (χ1v) is 9.45. The lowest BCUT2D eigenvalue weighted by atomic mass is 10.1. The number of halogens is 2. The van der Waals surface area contributed by atoms with Crippen molar-refractivity contribution >= 4 is 15.9 Å². The minimum absolute atomic E-state index is 0.0111. The van der Waals surface area contributed by atoms with E-state index in [-0.39, 0.29) is 29.5 Å². The van der Waals surface area contributed by atoms with Crippen molar-refractivity contribution in [1.29, 1.82) is 0 Å². The van der Waals surface area contributed by atoms with E-state index < -0.39 is 16.6 Å². The lowest BCUT2D eigenvalue weighted by molar-refractivity contribution is -0.120. The Labute approximate surface area is 156 Å². The van der Waals surface area contributed by atoms with Crippen molar-refractivity contribution in [3.8, 4) is 5.75 Å². The van der Waals surface area contributed by atoms with Crippen LogP contribution in [0.4, 0.5) is 8.78 Å². The second-order valence-corrected chi connectivity index (χ2v) is 7.99. The van der Waals surface area contributed by atoms with Gasteiger partial charge in [0.25, 0.3) is 0 Å². The van der Waals surface area contributed by atoms with Gasteiger partial charge in [-0.3, -0.25) is 4.79 Å². The van der Waals surface area contributed by atoms with Gasteiger partial charge in [-0.05, 0) is 29.3 Å². The Kier molecular flexibility index (Phi) is 6.86. The Hall–Kier alpha value is -2.52. The van der Waals surface area contributed by atoms with Crippen molar-refractivity contribution in [3.05, 3.63) is 59.7 Å². The Balaban J connectivity index is 2.00. The predicted octanol–water partition coefficient (Wildman–Crippen LogP) is 2.40. The smallest absolute Gasteiger partial charge is 0.387 e. The number of hydrogen-bond acceptors (Lipinski definition) is 4. The van der Waals surface area contributed by atoms with E-state index in [1.54, 1.807) is 18.2 Å². The number of sulfonamides is 1. The van der Waals surface area contributed by atoms with Crippen LogP contribution in [0.15, 0.2) is 53.4 Å². The van der Waals surface area contributed by atoms with E-state index in [0.29, 0.717) is 11.1 Å². The highest BCUT2D eigenvalue weighted by molar-refractivity contribution is 7.89. The second-order valence-electron chi connectivity index (χ2n) is 5.87. The zero-order valence-corrected chi connectivity index (χ0v) is 15.7. The molecule has 1 N–H and O–H groups in total. The molecule has 0 spiro atoms. The first kappa shape index (κ1) is 20.8. The molecule has 0 aromatic heterocycles. The molecule has 0 aliphatic rings. The topological polar surface area (TPSA) is 75.7 Å². The molecule has 146 valence electrons. The number of ether oxygens (including phenoxy) is 1. The van der Waals surface area contributed by atoms with Crippen molar-refractivity contribution in [1.82, 2.24) is 9.62 Å². The van der Waals surface area contributed by atoms with Gasteiger partial charge >= 0.3 is 6.61 Å². The summed E-state index contributed by atoms with van der Waals surface area (Å²) in [6.07, 6.45) is 0.0254. The van der Waals surface area contributed by atoms with E-state index in [4.69, 9.17) is 0 Å². The van der Waals surface area contributed by atoms with Crippen molar-refractivity contribution in [2.45, 2.75) is 24.5 Å². The average Bonchev–Trinajstić information content (AvgIpc) is 2.61. The maximum absolute atomic E-state index is 12.3. The van der Waals surface area contributed by atoms with Crippen LogP contribution in [-0.4, -0.2) is 39.3 Å². The Morgan fingerprint density at radius 1 is 1.11 bits per heavy atom. The summed E-state index contributed by atoms with van der Waals surface area (Å²) in [5.74, 6) is -0.313. The summed E-state index contributed by atoms with van der Waals surface area (Å²) < 4.78 is 54.3. The molecule has 6 nitrogen and oxygen atoms in total. The summed E-state index contributed by atoms with van der Waals surface area (Å²) in [6, 6.07) is 12.2. The molecule has 0 radical (unpaired) electrons.